The van der Waals surface area contributed by atoms with Crippen molar-refractivity contribution in [2.24, 2.45) is 0 Å². The van der Waals surface area contributed by atoms with E-state index in [0.717, 1.165) is 10.3 Å². The maximum atomic E-state index is 4.12. The van der Waals surface area contributed by atoms with Crippen molar-refractivity contribution in [3.8, 4) is 0 Å². The molecular weight excluding hydrogens is 206 g/mol. The monoisotopic (exact) mass is 215 g/mol. The summed E-state index contributed by atoms with van der Waals surface area (Å²) >= 11 is 3.37. The highest BCUT2D eigenvalue weighted by molar-refractivity contribution is 9.10. The average Bonchev–Trinajstić information content (AvgIpc) is 1.93. The molecule has 0 saturated heterocycles. The predicted molar refractivity (Wildman–Crippen MR) is 49.2 cm³/mol. The summed E-state index contributed by atoms with van der Waals surface area (Å²) in [6, 6.07) is 3.82. The molecule has 4 heteroatoms. The van der Waals surface area contributed by atoms with Crippen LogP contribution in [-0.2, 0) is 0 Å². The summed E-state index contributed by atoms with van der Waals surface area (Å²) in [4.78, 5) is 4.12. The van der Waals surface area contributed by atoms with Crippen LogP contribution in [0.25, 0.3) is 0 Å². The van der Waals surface area contributed by atoms with Crippen LogP contribution in [0.15, 0.2) is 22.8 Å². The third-order valence-corrected chi connectivity index (χ3v) is 1.73. The molecule has 0 unspecified atom stereocenters. The minimum Gasteiger partial charge on any atom is -0.303 e. The highest BCUT2D eigenvalue weighted by Crippen LogP contribution is 2.17. The highest BCUT2D eigenvalue weighted by atomic mass is 79.9. The van der Waals surface area contributed by atoms with Gasteiger partial charge in [0.25, 0.3) is 0 Å². The topological polar surface area (TPSA) is 28.2 Å². The normalized spacial score (nSPS) is 10.2. The van der Waals surface area contributed by atoms with Crippen molar-refractivity contribution in [3.05, 3.63) is 22.8 Å². The van der Waals surface area contributed by atoms with E-state index in [-0.39, 0.29) is 0 Å². The van der Waals surface area contributed by atoms with Gasteiger partial charge in [0.2, 0.25) is 0 Å². The van der Waals surface area contributed by atoms with E-state index in [1.807, 2.05) is 31.2 Å². The van der Waals surface area contributed by atoms with Gasteiger partial charge in [-0.25, -0.2) is 9.99 Å². The molecule has 0 atom stereocenters. The largest absolute Gasteiger partial charge is 0.303 e. The molecule has 60 valence electrons. The lowest BCUT2D eigenvalue weighted by Gasteiger charge is -2.12. The zero-order chi connectivity index (χ0) is 8.27. The number of halogens is 1. The molecule has 0 aromatic carbocycles. The van der Waals surface area contributed by atoms with Gasteiger partial charge in [-0.05, 0) is 28.1 Å². The molecule has 0 aliphatic carbocycles. The van der Waals surface area contributed by atoms with E-state index in [4.69, 9.17) is 0 Å². The lowest BCUT2D eigenvalue weighted by Crippen LogP contribution is -2.20. The van der Waals surface area contributed by atoms with E-state index in [9.17, 15) is 0 Å². The zero-order valence-corrected chi connectivity index (χ0v) is 8.09. The Hall–Kier alpha value is -0.610. The summed E-state index contributed by atoms with van der Waals surface area (Å²) < 4.78 is 0.966. The van der Waals surface area contributed by atoms with E-state index in [1.54, 1.807) is 6.20 Å². The Morgan fingerprint density at radius 2 is 2.27 bits per heavy atom. The molecule has 1 aromatic heterocycles. The molecule has 0 aliphatic heterocycles. The average molecular weight is 216 g/mol. The van der Waals surface area contributed by atoms with Crippen molar-refractivity contribution < 1.29 is 0 Å². The van der Waals surface area contributed by atoms with Crippen molar-refractivity contribution in [1.29, 1.82) is 0 Å². The molecule has 0 radical (unpaired) electrons. The van der Waals surface area contributed by atoms with Crippen LogP contribution in [0.3, 0.4) is 0 Å². The van der Waals surface area contributed by atoms with Crippen LogP contribution < -0.4 is 5.43 Å². The van der Waals surface area contributed by atoms with Crippen molar-refractivity contribution in [3.63, 3.8) is 0 Å². The maximum absolute atomic E-state index is 4.12. The number of hydrazine groups is 1. The minimum atomic E-state index is 0.831. The van der Waals surface area contributed by atoms with E-state index >= 15 is 0 Å². The standard InChI is InChI=1S/C7H10BrN3/c1-11(2)10-7-6(8)4-3-5-9-7/h3-5H,1-2H3,(H,9,10). The molecule has 11 heavy (non-hydrogen) atoms. The lowest BCUT2D eigenvalue weighted by atomic mass is 10.5. The van der Waals surface area contributed by atoms with Crippen molar-refractivity contribution in [2.45, 2.75) is 0 Å². The SMILES string of the molecule is CN(C)Nc1ncccc1Br. The second-order valence-corrected chi connectivity index (χ2v) is 3.19. The van der Waals surface area contributed by atoms with Crippen LogP contribution in [0, 0.1) is 0 Å². The summed E-state index contributed by atoms with van der Waals surface area (Å²) in [5, 5.41) is 1.84. The van der Waals surface area contributed by atoms with Crippen LogP contribution in [-0.4, -0.2) is 24.1 Å². The van der Waals surface area contributed by atoms with E-state index < -0.39 is 0 Å². The zero-order valence-electron chi connectivity index (χ0n) is 6.50. The van der Waals surface area contributed by atoms with Gasteiger partial charge in [-0.1, -0.05) is 0 Å². The number of nitrogens with one attached hydrogen (secondary N) is 1. The van der Waals surface area contributed by atoms with Gasteiger partial charge in [-0.2, -0.15) is 0 Å². The summed E-state index contributed by atoms with van der Waals surface area (Å²) in [6.07, 6.45) is 1.75. The van der Waals surface area contributed by atoms with Gasteiger partial charge in [0.1, 0.15) is 0 Å². The number of hydrogen-bond acceptors (Lipinski definition) is 3. The number of nitrogens with zero attached hydrogens (tertiary/aromatic N) is 2. The van der Waals surface area contributed by atoms with Crippen molar-refractivity contribution in [2.75, 3.05) is 19.5 Å². The lowest BCUT2D eigenvalue weighted by molar-refractivity contribution is 0.492. The Morgan fingerprint density at radius 1 is 1.55 bits per heavy atom. The van der Waals surface area contributed by atoms with E-state index in [1.165, 1.54) is 0 Å². The van der Waals surface area contributed by atoms with E-state index in [2.05, 4.69) is 26.3 Å². The summed E-state index contributed by atoms with van der Waals surface area (Å²) in [6.45, 7) is 0. The molecule has 1 aromatic rings. The summed E-state index contributed by atoms with van der Waals surface area (Å²) in [5.41, 5.74) is 3.05. The number of hydrogen-bond donors (Lipinski definition) is 1. The Morgan fingerprint density at radius 3 is 2.82 bits per heavy atom. The summed E-state index contributed by atoms with van der Waals surface area (Å²) in [7, 11) is 3.84. The smallest absolute Gasteiger partial charge is 0.154 e. The fourth-order valence-electron chi connectivity index (χ4n) is 0.680. The van der Waals surface area contributed by atoms with Gasteiger partial charge < -0.3 is 5.43 Å². The fraction of sp³-hybridized carbons (Fsp3) is 0.286. The predicted octanol–water partition coefficient (Wildman–Crippen LogP) is 1.73. The molecule has 0 saturated carbocycles. The minimum absolute atomic E-state index is 0.831. The van der Waals surface area contributed by atoms with E-state index in [0.29, 0.717) is 0 Å². The molecule has 0 spiro atoms. The molecule has 1 rings (SSSR count). The highest BCUT2D eigenvalue weighted by Gasteiger charge is 1.98. The third kappa shape index (κ3) is 2.48. The number of pyridine rings is 1. The number of aromatic nitrogens is 1. The Bertz CT molecular complexity index is 237. The van der Waals surface area contributed by atoms with Crippen LogP contribution >= 0.6 is 15.9 Å². The van der Waals surface area contributed by atoms with Crippen LogP contribution in [0.2, 0.25) is 0 Å². The molecular formula is C7H10BrN3. The molecule has 0 amide bonds. The number of anilines is 1. The number of rotatable bonds is 2. The van der Waals surface area contributed by atoms with Crippen LogP contribution in [0.5, 0.6) is 0 Å². The first-order chi connectivity index (χ1) is 5.20. The molecule has 0 aliphatic rings. The first-order valence-electron chi connectivity index (χ1n) is 3.24. The van der Waals surface area contributed by atoms with Gasteiger partial charge in [-0.15, -0.1) is 0 Å². The molecule has 0 fully saturated rings. The molecule has 1 N–H and O–H groups in total. The van der Waals surface area contributed by atoms with Crippen LogP contribution in [0.4, 0.5) is 5.82 Å². The molecule has 0 bridgehead atoms. The van der Waals surface area contributed by atoms with Crippen LogP contribution in [0.1, 0.15) is 0 Å². The first kappa shape index (κ1) is 8.49. The van der Waals surface area contributed by atoms with Gasteiger partial charge in [-0.3, -0.25) is 0 Å². The van der Waals surface area contributed by atoms with Gasteiger partial charge in [0.15, 0.2) is 5.82 Å². The van der Waals surface area contributed by atoms with Crippen molar-refractivity contribution >= 4 is 21.7 Å². The van der Waals surface area contributed by atoms with Crippen molar-refractivity contribution in [1.82, 2.24) is 9.99 Å². The van der Waals surface area contributed by atoms with Gasteiger partial charge in [0.05, 0.1) is 4.47 Å². The fourth-order valence-corrected chi connectivity index (χ4v) is 1.02. The molecule has 1 heterocycles. The second-order valence-electron chi connectivity index (χ2n) is 2.34. The Labute approximate surface area is 74.5 Å². The Balaban J connectivity index is 2.78. The molecule has 3 nitrogen and oxygen atoms in total. The Kier molecular flexibility index (Phi) is 2.84. The quantitative estimate of drug-likeness (QED) is 0.763. The van der Waals surface area contributed by atoms with Gasteiger partial charge in [0, 0.05) is 20.3 Å². The second kappa shape index (κ2) is 3.69. The van der Waals surface area contributed by atoms with Gasteiger partial charge >= 0.3 is 0 Å². The maximum Gasteiger partial charge on any atom is 0.154 e. The summed E-state index contributed by atoms with van der Waals surface area (Å²) in [5.74, 6) is 0.831. The first-order valence-corrected chi connectivity index (χ1v) is 4.04. The third-order valence-electron chi connectivity index (χ3n) is 1.09.